The van der Waals surface area contributed by atoms with Crippen LogP contribution in [0.25, 0.3) is 0 Å². The molecule has 1 aromatic carbocycles. The van der Waals surface area contributed by atoms with Gasteiger partial charge in [-0.3, -0.25) is 10.3 Å². The lowest BCUT2D eigenvalue weighted by Gasteiger charge is -2.24. The summed E-state index contributed by atoms with van der Waals surface area (Å²) in [4.78, 5) is 24.2. The number of piperidine rings is 1. The van der Waals surface area contributed by atoms with Gasteiger partial charge in [0.2, 0.25) is 0 Å². The minimum Gasteiger partial charge on any atom is -0.480 e. The summed E-state index contributed by atoms with van der Waals surface area (Å²) >= 11 is 0. The van der Waals surface area contributed by atoms with E-state index in [9.17, 15) is 26.4 Å². The molecule has 0 radical (unpaired) electrons. The van der Waals surface area contributed by atoms with Crippen LogP contribution in [0.15, 0.2) is 28.1 Å². The standard InChI is InChI=1S/C19H22F3N3O5S/c1-10(19(20,21)22)29-15-5-4-13(31(3,27)28)6-14(15)16(26)25-8-12-7-18(12,9-25)17-23-11(2)30-24-17/h4-6,10-12H,7-9H2,1-3H3,(H,23,24)/t10-,11?,12?,18?/m1/s1. The lowest BCUT2D eigenvalue weighted by Crippen LogP contribution is -2.37. The molecule has 170 valence electrons. The van der Waals surface area contributed by atoms with E-state index in [1.807, 2.05) is 0 Å². The van der Waals surface area contributed by atoms with E-state index in [1.165, 1.54) is 4.90 Å². The zero-order valence-electron chi connectivity index (χ0n) is 17.1. The molecule has 0 bridgehead atoms. The second-order valence-electron chi connectivity index (χ2n) is 8.27. The maximum atomic E-state index is 13.2. The topological polar surface area (TPSA) is 97.3 Å². The van der Waals surface area contributed by atoms with Crippen LogP contribution in [0.4, 0.5) is 13.2 Å². The third-order valence-electron chi connectivity index (χ3n) is 5.92. The Labute approximate surface area is 177 Å². The van der Waals surface area contributed by atoms with Crippen molar-refractivity contribution >= 4 is 21.6 Å². The number of alkyl halides is 3. The number of amidine groups is 1. The molecule has 1 aromatic rings. The van der Waals surface area contributed by atoms with Gasteiger partial charge in [0, 0.05) is 19.3 Å². The number of halogens is 3. The van der Waals surface area contributed by atoms with E-state index in [-0.39, 0.29) is 33.8 Å². The van der Waals surface area contributed by atoms with Crippen LogP contribution in [-0.2, 0) is 14.7 Å². The molecular weight excluding hydrogens is 439 g/mol. The molecule has 4 rings (SSSR count). The number of carbonyl (C=O) groups excluding carboxylic acids is 1. The molecule has 1 saturated carbocycles. The molecular formula is C19H22F3N3O5S. The summed E-state index contributed by atoms with van der Waals surface area (Å²) in [5.41, 5.74) is 2.21. The summed E-state index contributed by atoms with van der Waals surface area (Å²) in [6.45, 7) is 3.28. The number of nitrogens with zero attached hydrogens (tertiary/aromatic N) is 2. The molecule has 1 amide bonds. The number of hydroxylamine groups is 1. The Hall–Kier alpha value is -2.34. The number of fused-ring (bicyclic) bond motifs is 1. The molecule has 1 aliphatic carbocycles. The van der Waals surface area contributed by atoms with E-state index in [4.69, 9.17) is 9.57 Å². The van der Waals surface area contributed by atoms with E-state index < -0.39 is 28.0 Å². The smallest absolute Gasteiger partial charge is 0.425 e. The minimum atomic E-state index is -4.64. The van der Waals surface area contributed by atoms with Gasteiger partial charge in [-0.25, -0.2) is 18.2 Å². The van der Waals surface area contributed by atoms with Crippen molar-refractivity contribution in [3.05, 3.63) is 23.8 Å². The second kappa shape index (κ2) is 7.09. The first-order chi connectivity index (χ1) is 14.3. The van der Waals surface area contributed by atoms with Gasteiger partial charge in [-0.15, -0.1) is 0 Å². The fourth-order valence-corrected chi connectivity index (χ4v) is 4.69. The molecule has 2 heterocycles. The first-order valence-electron chi connectivity index (χ1n) is 9.68. The van der Waals surface area contributed by atoms with Crippen LogP contribution in [0.1, 0.15) is 30.6 Å². The quantitative estimate of drug-likeness (QED) is 0.722. The second-order valence-corrected chi connectivity index (χ2v) is 10.3. The summed E-state index contributed by atoms with van der Waals surface area (Å²) in [5, 5.41) is 0. The first-order valence-corrected chi connectivity index (χ1v) is 11.6. The highest BCUT2D eigenvalue weighted by Gasteiger charge is 2.65. The van der Waals surface area contributed by atoms with Crippen molar-refractivity contribution in [3.63, 3.8) is 0 Å². The molecule has 3 unspecified atom stereocenters. The monoisotopic (exact) mass is 461 g/mol. The number of rotatable bonds is 5. The van der Waals surface area contributed by atoms with Crippen LogP contribution in [0.3, 0.4) is 0 Å². The molecule has 31 heavy (non-hydrogen) atoms. The lowest BCUT2D eigenvalue weighted by molar-refractivity contribution is -0.189. The number of nitrogens with one attached hydrogen (secondary N) is 1. The van der Waals surface area contributed by atoms with Crippen molar-refractivity contribution in [2.24, 2.45) is 16.3 Å². The van der Waals surface area contributed by atoms with Gasteiger partial charge in [0.15, 0.2) is 22.2 Å². The van der Waals surface area contributed by atoms with Gasteiger partial charge in [0.1, 0.15) is 11.6 Å². The van der Waals surface area contributed by atoms with Gasteiger partial charge in [0.25, 0.3) is 5.91 Å². The molecule has 1 saturated heterocycles. The molecule has 2 aliphatic heterocycles. The third-order valence-corrected chi connectivity index (χ3v) is 7.03. The fraction of sp³-hybridized carbons (Fsp3) is 0.579. The third kappa shape index (κ3) is 3.98. The molecule has 2 fully saturated rings. The zero-order valence-corrected chi connectivity index (χ0v) is 17.9. The van der Waals surface area contributed by atoms with E-state index in [1.54, 1.807) is 6.92 Å². The molecule has 12 heteroatoms. The summed E-state index contributed by atoms with van der Waals surface area (Å²) in [5.74, 6) is -0.0975. The normalized spacial score (nSPS) is 28.6. The first kappa shape index (κ1) is 21.9. The molecule has 1 N–H and O–H groups in total. The van der Waals surface area contributed by atoms with Crippen molar-refractivity contribution in [1.29, 1.82) is 0 Å². The zero-order chi connectivity index (χ0) is 22.8. The van der Waals surface area contributed by atoms with Crippen molar-refractivity contribution in [2.45, 2.75) is 43.7 Å². The summed E-state index contributed by atoms with van der Waals surface area (Å²) in [6.07, 6.45) is -5.38. The Balaban J connectivity index is 1.63. The van der Waals surface area contributed by atoms with Crippen LogP contribution in [0.5, 0.6) is 5.75 Å². The molecule has 3 aliphatic rings. The van der Waals surface area contributed by atoms with Crippen LogP contribution in [0.2, 0.25) is 0 Å². The van der Waals surface area contributed by atoms with E-state index in [2.05, 4.69) is 10.5 Å². The summed E-state index contributed by atoms with van der Waals surface area (Å²) < 4.78 is 67.9. The maximum Gasteiger partial charge on any atom is 0.425 e. The predicted octanol–water partition coefficient (Wildman–Crippen LogP) is 2.16. The van der Waals surface area contributed by atoms with Gasteiger partial charge in [-0.1, -0.05) is 0 Å². The fourth-order valence-electron chi connectivity index (χ4n) is 4.05. The predicted molar refractivity (Wildman–Crippen MR) is 103 cm³/mol. The highest BCUT2D eigenvalue weighted by Crippen LogP contribution is 2.59. The van der Waals surface area contributed by atoms with Gasteiger partial charge < -0.3 is 9.64 Å². The Bertz CT molecular complexity index is 1060. The number of likely N-dealkylation sites (tertiary alicyclic amines) is 1. The number of benzene rings is 1. The maximum absolute atomic E-state index is 13.2. The van der Waals surface area contributed by atoms with Crippen LogP contribution in [-0.4, -0.2) is 62.9 Å². The number of carbonyl (C=O) groups is 1. The largest absolute Gasteiger partial charge is 0.480 e. The molecule has 4 atom stereocenters. The van der Waals surface area contributed by atoms with Gasteiger partial charge in [0.05, 0.1) is 15.9 Å². The number of ether oxygens (including phenoxy) is 1. The summed E-state index contributed by atoms with van der Waals surface area (Å²) in [7, 11) is -3.68. The number of sulfone groups is 1. The van der Waals surface area contributed by atoms with Crippen molar-refractivity contribution in [2.75, 3.05) is 19.3 Å². The highest BCUT2D eigenvalue weighted by atomic mass is 32.2. The molecule has 0 spiro atoms. The number of hydrogen-bond donors (Lipinski definition) is 1. The number of amides is 1. The average molecular weight is 461 g/mol. The number of aliphatic imine (C=N–C) groups is 1. The number of hydrogen-bond acceptors (Lipinski definition) is 7. The molecule has 0 aromatic heterocycles. The summed E-state index contributed by atoms with van der Waals surface area (Å²) in [6, 6.07) is 3.29. The average Bonchev–Trinajstić information content (AvgIpc) is 2.99. The van der Waals surface area contributed by atoms with E-state index >= 15 is 0 Å². The van der Waals surface area contributed by atoms with Crippen LogP contribution < -0.4 is 10.2 Å². The van der Waals surface area contributed by atoms with Gasteiger partial charge in [-0.2, -0.15) is 13.2 Å². The van der Waals surface area contributed by atoms with E-state index in [0.717, 1.165) is 37.8 Å². The Morgan fingerprint density at radius 1 is 1.42 bits per heavy atom. The van der Waals surface area contributed by atoms with Gasteiger partial charge in [-0.05, 0) is 44.4 Å². The minimum absolute atomic E-state index is 0.146. The molecule has 8 nitrogen and oxygen atoms in total. The Kier molecular flexibility index (Phi) is 5.00. The SMILES string of the molecule is CC1N=C(C23CC2CN(C(=O)c2cc(S(C)(=O)=O)ccc2O[C@H](C)C(F)(F)F)C3)NO1. The van der Waals surface area contributed by atoms with Crippen molar-refractivity contribution in [3.8, 4) is 5.75 Å². The van der Waals surface area contributed by atoms with Crippen LogP contribution in [0, 0.1) is 11.3 Å². The van der Waals surface area contributed by atoms with Crippen molar-refractivity contribution < 1.29 is 36.0 Å². The highest BCUT2D eigenvalue weighted by molar-refractivity contribution is 7.90. The van der Waals surface area contributed by atoms with Crippen molar-refractivity contribution in [1.82, 2.24) is 10.4 Å². The lowest BCUT2D eigenvalue weighted by atomic mass is 10.1. The van der Waals surface area contributed by atoms with Gasteiger partial charge >= 0.3 is 6.18 Å². The Morgan fingerprint density at radius 3 is 2.71 bits per heavy atom. The van der Waals surface area contributed by atoms with Crippen LogP contribution >= 0.6 is 0 Å². The van der Waals surface area contributed by atoms with E-state index in [0.29, 0.717) is 18.9 Å². The Morgan fingerprint density at radius 2 is 2.13 bits per heavy atom.